The number of amides is 2. The first kappa shape index (κ1) is 17.7. The third kappa shape index (κ3) is 4.29. The number of hydrogen-bond acceptors (Lipinski definition) is 7. The number of methoxy groups -OCH3 is 2. The molecule has 3 rings (SSSR count). The van der Waals surface area contributed by atoms with E-state index in [9.17, 15) is 4.79 Å². The van der Waals surface area contributed by atoms with Gasteiger partial charge in [0.2, 0.25) is 11.8 Å². The van der Waals surface area contributed by atoms with E-state index in [-0.39, 0.29) is 12.1 Å². The SMILES string of the molecule is COc1ccc(NC(=O)NC2CCCN(c3cnccn3)C2)c(OC)n1. The molecule has 9 heteroatoms. The van der Waals surface area contributed by atoms with E-state index >= 15 is 0 Å². The Hall–Kier alpha value is -3.10. The van der Waals surface area contributed by atoms with Gasteiger partial charge in [0.1, 0.15) is 11.5 Å². The van der Waals surface area contributed by atoms with Crippen LogP contribution >= 0.6 is 0 Å². The number of carbonyl (C=O) groups excluding carboxylic acids is 1. The maximum absolute atomic E-state index is 12.4. The van der Waals surface area contributed by atoms with Gasteiger partial charge in [0.05, 0.1) is 20.4 Å². The smallest absolute Gasteiger partial charge is 0.319 e. The van der Waals surface area contributed by atoms with Crippen LogP contribution < -0.4 is 25.0 Å². The fraction of sp³-hybridized carbons (Fsp3) is 0.412. The highest BCUT2D eigenvalue weighted by Gasteiger charge is 2.23. The topological polar surface area (TPSA) is 102 Å². The summed E-state index contributed by atoms with van der Waals surface area (Å²) in [5.74, 6) is 1.53. The number of piperidine rings is 1. The molecule has 0 spiro atoms. The van der Waals surface area contributed by atoms with Crippen molar-refractivity contribution in [3.05, 3.63) is 30.7 Å². The molecule has 1 aliphatic heterocycles. The predicted octanol–water partition coefficient (Wildman–Crippen LogP) is 1.68. The fourth-order valence-electron chi connectivity index (χ4n) is 2.89. The number of hydrogen-bond donors (Lipinski definition) is 2. The Kier molecular flexibility index (Phi) is 5.67. The van der Waals surface area contributed by atoms with Gasteiger partial charge < -0.3 is 25.0 Å². The van der Waals surface area contributed by atoms with Crippen LogP contribution in [0.1, 0.15) is 12.8 Å². The third-order valence-corrected chi connectivity index (χ3v) is 4.12. The van der Waals surface area contributed by atoms with Gasteiger partial charge in [0, 0.05) is 37.6 Å². The molecule has 2 aromatic rings. The highest BCUT2D eigenvalue weighted by molar-refractivity contribution is 5.90. The predicted molar refractivity (Wildman–Crippen MR) is 96.8 cm³/mol. The van der Waals surface area contributed by atoms with Gasteiger partial charge in [-0.15, -0.1) is 0 Å². The summed E-state index contributed by atoms with van der Waals surface area (Å²) in [6, 6.07) is 3.06. The molecule has 2 N–H and O–H groups in total. The molecule has 9 nitrogen and oxygen atoms in total. The van der Waals surface area contributed by atoms with Crippen LogP contribution in [0.3, 0.4) is 0 Å². The molecule has 0 bridgehead atoms. The lowest BCUT2D eigenvalue weighted by Gasteiger charge is -2.33. The van der Waals surface area contributed by atoms with Crippen LogP contribution in [-0.4, -0.2) is 54.3 Å². The minimum absolute atomic E-state index is 0.0166. The number of carbonyl (C=O) groups is 1. The van der Waals surface area contributed by atoms with Crippen molar-refractivity contribution in [3.8, 4) is 11.8 Å². The number of rotatable bonds is 5. The lowest BCUT2D eigenvalue weighted by molar-refractivity contribution is 0.246. The summed E-state index contributed by atoms with van der Waals surface area (Å²) in [6.45, 7) is 1.58. The molecule has 0 aliphatic carbocycles. The Balaban J connectivity index is 1.59. The summed E-state index contributed by atoms with van der Waals surface area (Å²) in [6.07, 6.45) is 6.92. The Morgan fingerprint density at radius 1 is 1.27 bits per heavy atom. The maximum atomic E-state index is 12.4. The van der Waals surface area contributed by atoms with Crippen LogP contribution in [0.4, 0.5) is 16.3 Å². The number of ether oxygens (including phenoxy) is 2. The van der Waals surface area contributed by atoms with Crippen molar-refractivity contribution < 1.29 is 14.3 Å². The second kappa shape index (κ2) is 8.32. The number of nitrogens with zero attached hydrogens (tertiary/aromatic N) is 4. The van der Waals surface area contributed by atoms with Gasteiger partial charge in [0.15, 0.2) is 0 Å². The molecule has 138 valence electrons. The second-order valence-corrected chi connectivity index (χ2v) is 5.86. The van der Waals surface area contributed by atoms with E-state index in [2.05, 4.69) is 30.5 Å². The highest BCUT2D eigenvalue weighted by Crippen LogP contribution is 2.24. The second-order valence-electron chi connectivity index (χ2n) is 5.86. The zero-order chi connectivity index (χ0) is 18.4. The molecule has 0 saturated carbocycles. The number of anilines is 2. The molecule has 1 saturated heterocycles. The lowest BCUT2D eigenvalue weighted by Crippen LogP contribution is -2.49. The van der Waals surface area contributed by atoms with Crippen molar-refractivity contribution in [2.45, 2.75) is 18.9 Å². The Bertz CT molecular complexity index is 743. The highest BCUT2D eigenvalue weighted by atomic mass is 16.5. The first-order valence-electron chi connectivity index (χ1n) is 8.37. The van der Waals surface area contributed by atoms with Crippen LogP contribution in [0, 0.1) is 0 Å². The largest absolute Gasteiger partial charge is 0.481 e. The number of aromatic nitrogens is 3. The van der Waals surface area contributed by atoms with E-state index in [1.54, 1.807) is 30.7 Å². The van der Waals surface area contributed by atoms with Crippen molar-refractivity contribution in [1.82, 2.24) is 20.3 Å². The van der Waals surface area contributed by atoms with Gasteiger partial charge in [-0.2, -0.15) is 4.98 Å². The molecule has 1 unspecified atom stereocenters. The quantitative estimate of drug-likeness (QED) is 0.838. The molecule has 3 heterocycles. The van der Waals surface area contributed by atoms with Gasteiger partial charge in [-0.1, -0.05) is 0 Å². The van der Waals surface area contributed by atoms with Gasteiger partial charge in [-0.3, -0.25) is 4.98 Å². The lowest BCUT2D eigenvalue weighted by atomic mass is 10.1. The summed E-state index contributed by atoms with van der Waals surface area (Å²) >= 11 is 0. The van der Waals surface area contributed by atoms with Crippen LogP contribution in [0.15, 0.2) is 30.7 Å². The van der Waals surface area contributed by atoms with Gasteiger partial charge in [-0.25, -0.2) is 9.78 Å². The van der Waals surface area contributed by atoms with Crippen LogP contribution in [0.5, 0.6) is 11.8 Å². The van der Waals surface area contributed by atoms with Crippen molar-refractivity contribution in [1.29, 1.82) is 0 Å². The summed E-state index contributed by atoms with van der Waals surface area (Å²) in [5, 5.41) is 5.77. The van der Waals surface area contributed by atoms with E-state index in [4.69, 9.17) is 9.47 Å². The van der Waals surface area contributed by atoms with Crippen molar-refractivity contribution in [2.75, 3.05) is 37.5 Å². The molecule has 1 fully saturated rings. The monoisotopic (exact) mass is 358 g/mol. The first-order chi connectivity index (χ1) is 12.7. The molecule has 2 aromatic heterocycles. The van der Waals surface area contributed by atoms with Gasteiger partial charge in [0.25, 0.3) is 0 Å². The Morgan fingerprint density at radius 2 is 2.15 bits per heavy atom. The molecule has 26 heavy (non-hydrogen) atoms. The minimum atomic E-state index is -0.304. The van der Waals surface area contributed by atoms with Gasteiger partial charge >= 0.3 is 6.03 Å². The van der Waals surface area contributed by atoms with Crippen LogP contribution in [0.25, 0.3) is 0 Å². The van der Waals surface area contributed by atoms with Crippen molar-refractivity contribution >= 4 is 17.5 Å². The van der Waals surface area contributed by atoms with Crippen molar-refractivity contribution in [3.63, 3.8) is 0 Å². The molecular weight excluding hydrogens is 336 g/mol. The Labute approximate surface area is 151 Å². The number of pyridine rings is 1. The first-order valence-corrected chi connectivity index (χ1v) is 8.37. The molecule has 1 aliphatic rings. The van der Waals surface area contributed by atoms with E-state index in [0.29, 0.717) is 24.0 Å². The van der Waals surface area contributed by atoms with Crippen molar-refractivity contribution in [2.24, 2.45) is 0 Å². The van der Waals surface area contributed by atoms with E-state index in [1.807, 2.05) is 0 Å². The molecule has 2 amide bonds. The molecule has 1 atom stereocenters. The van der Waals surface area contributed by atoms with E-state index in [0.717, 1.165) is 25.2 Å². The standard InChI is InChI=1S/C17H22N6O3/c1-25-15-6-5-13(16(22-15)26-2)21-17(24)20-12-4-3-9-23(11-12)14-10-18-7-8-19-14/h5-8,10,12H,3-4,9,11H2,1-2H3,(H2,20,21,24). The van der Waals surface area contributed by atoms with Crippen LogP contribution in [0.2, 0.25) is 0 Å². The zero-order valence-corrected chi connectivity index (χ0v) is 14.8. The third-order valence-electron chi connectivity index (χ3n) is 4.12. The normalized spacial score (nSPS) is 16.7. The average molecular weight is 358 g/mol. The van der Waals surface area contributed by atoms with E-state index in [1.165, 1.54) is 14.2 Å². The van der Waals surface area contributed by atoms with Crippen LogP contribution in [-0.2, 0) is 0 Å². The average Bonchev–Trinajstić information content (AvgIpc) is 2.69. The molecular formula is C17H22N6O3. The molecule has 0 aromatic carbocycles. The van der Waals surface area contributed by atoms with Gasteiger partial charge in [-0.05, 0) is 18.9 Å². The maximum Gasteiger partial charge on any atom is 0.319 e. The Morgan fingerprint density at radius 3 is 2.88 bits per heavy atom. The fourth-order valence-corrected chi connectivity index (χ4v) is 2.89. The van der Waals surface area contributed by atoms with E-state index < -0.39 is 0 Å². The number of nitrogens with one attached hydrogen (secondary N) is 2. The molecule has 0 radical (unpaired) electrons. The summed E-state index contributed by atoms with van der Waals surface area (Å²) in [7, 11) is 3.01. The number of urea groups is 1. The zero-order valence-electron chi connectivity index (χ0n) is 14.8. The minimum Gasteiger partial charge on any atom is -0.481 e. The summed E-state index contributed by atoms with van der Waals surface area (Å²) in [5.41, 5.74) is 0.479. The summed E-state index contributed by atoms with van der Waals surface area (Å²) < 4.78 is 10.3. The summed E-state index contributed by atoms with van der Waals surface area (Å²) in [4.78, 5) is 27.1.